The first-order valence-corrected chi connectivity index (χ1v) is 13.3. The molecule has 11 heteroatoms. The van der Waals surface area contributed by atoms with E-state index < -0.39 is 21.9 Å². The Morgan fingerprint density at radius 1 is 1.06 bits per heavy atom. The van der Waals surface area contributed by atoms with Crippen LogP contribution in [0.25, 0.3) is 10.2 Å². The van der Waals surface area contributed by atoms with Crippen LogP contribution in [-0.2, 0) is 14.8 Å². The molecule has 0 bridgehead atoms. The van der Waals surface area contributed by atoms with Crippen LogP contribution in [0.4, 0.5) is 9.52 Å². The molecule has 1 atom stereocenters. The number of benzene rings is 2. The third-order valence-corrected chi connectivity index (χ3v) is 9.35. The number of nitrogens with zero attached hydrogens (tertiary/aromatic N) is 4. The molecule has 7 nitrogen and oxygen atoms in total. The summed E-state index contributed by atoms with van der Waals surface area (Å²) < 4.78 is 41.7. The van der Waals surface area contributed by atoms with E-state index in [0.717, 1.165) is 27.5 Å². The molecule has 0 spiro atoms. The number of hydrogen-bond acceptors (Lipinski definition) is 6. The molecule has 1 unspecified atom stereocenters. The number of anilines is 1. The van der Waals surface area contributed by atoms with E-state index >= 15 is 0 Å². The Hall–Kier alpha value is -2.27. The Labute approximate surface area is 200 Å². The summed E-state index contributed by atoms with van der Waals surface area (Å²) in [5.74, 6) is -0.675. The van der Waals surface area contributed by atoms with Gasteiger partial charge in [0.15, 0.2) is 5.13 Å². The zero-order valence-electron chi connectivity index (χ0n) is 17.7. The molecule has 2 saturated heterocycles. The van der Waals surface area contributed by atoms with Crippen LogP contribution in [-0.4, -0.2) is 67.3 Å². The lowest BCUT2D eigenvalue weighted by Crippen LogP contribution is -2.54. The number of carbonyl (C=O) groups is 1. The number of amides is 1. The molecule has 0 N–H and O–H groups in total. The molecule has 1 aromatic heterocycles. The SMILES string of the molecule is O=C(C1CCCN1S(=O)(=O)c1ccc(F)cc1)N1CCN(c2nc3ccc(Cl)cc3s2)CC1. The summed E-state index contributed by atoms with van der Waals surface area (Å²) in [6.45, 7) is 2.52. The van der Waals surface area contributed by atoms with Gasteiger partial charge in [-0.25, -0.2) is 17.8 Å². The van der Waals surface area contributed by atoms with Gasteiger partial charge in [0.1, 0.15) is 11.9 Å². The maximum absolute atomic E-state index is 13.3. The van der Waals surface area contributed by atoms with Gasteiger partial charge in [-0.1, -0.05) is 22.9 Å². The van der Waals surface area contributed by atoms with Crippen LogP contribution in [0, 0.1) is 5.82 Å². The molecular formula is C22H22ClFN4O3S2. The second-order valence-electron chi connectivity index (χ2n) is 8.15. The van der Waals surface area contributed by atoms with Crippen molar-refractivity contribution < 1.29 is 17.6 Å². The first-order chi connectivity index (χ1) is 15.8. The van der Waals surface area contributed by atoms with Crippen molar-refractivity contribution in [1.29, 1.82) is 0 Å². The Balaban J connectivity index is 1.27. The number of hydrogen-bond donors (Lipinski definition) is 0. The summed E-state index contributed by atoms with van der Waals surface area (Å²) in [5, 5.41) is 1.56. The molecule has 3 heterocycles. The third-order valence-electron chi connectivity index (χ3n) is 6.11. The summed E-state index contributed by atoms with van der Waals surface area (Å²) in [7, 11) is -3.87. The van der Waals surface area contributed by atoms with Gasteiger partial charge < -0.3 is 9.80 Å². The van der Waals surface area contributed by atoms with E-state index in [9.17, 15) is 17.6 Å². The number of carbonyl (C=O) groups excluding carboxylic acids is 1. The second kappa shape index (κ2) is 8.83. The van der Waals surface area contributed by atoms with Crippen LogP contribution in [0.5, 0.6) is 0 Å². The number of thiazole rings is 1. The van der Waals surface area contributed by atoms with Crippen LogP contribution in [0.2, 0.25) is 5.02 Å². The number of halogens is 2. The van der Waals surface area contributed by atoms with Crippen LogP contribution in [0.1, 0.15) is 12.8 Å². The highest BCUT2D eigenvalue weighted by Crippen LogP contribution is 2.32. The van der Waals surface area contributed by atoms with Crippen molar-refractivity contribution in [2.24, 2.45) is 0 Å². The van der Waals surface area contributed by atoms with Gasteiger partial charge in [-0.05, 0) is 55.3 Å². The van der Waals surface area contributed by atoms with Crippen molar-refractivity contribution in [3.8, 4) is 0 Å². The zero-order valence-corrected chi connectivity index (χ0v) is 20.0. The monoisotopic (exact) mass is 508 g/mol. The molecule has 0 aliphatic carbocycles. The largest absolute Gasteiger partial charge is 0.345 e. The Kier molecular flexibility index (Phi) is 6.02. The molecule has 2 aliphatic rings. The molecule has 2 fully saturated rings. The van der Waals surface area contributed by atoms with Crippen molar-refractivity contribution in [3.05, 3.63) is 53.3 Å². The minimum absolute atomic E-state index is 0.00404. The smallest absolute Gasteiger partial charge is 0.243 e. The van der Waals surface area contributed by atoms with Crippen molar-refractivity contribution in [1.82, 2.24) is 14.2 Å². The third kappa shape index (κ3) is 4.32. The fourth-order valence-electron chi connectivity index (χ4n) is 4.37. The topological polar surface area (TPSA) is 73.8 Å². The molecule has 1 amide bonds. The average Bonchev–Trinajstić information content (AvgIpc) is 3.46. The lowest BCUT2D eigenvalue weighted by Gasteiger charge is -2.37. The molecular weight excluding hydrogens is 487 g/mol. The van der Waals surface area contributed by atoms with E-state index in [2.05, 4.69) is 9.88 Å². The van der Waals surface area contributed by atoms with Gasteiger partial charge in [0, 0.05) is 37.7 Å². The minimum atomic E-state index is -3.87. The van der Waals surface area contributed by atoms with Crippen LogP contribution < -0.4 is 4.90 Å². The lowest BCUT2D eigenvalue weighted by molar-refractivity contribution is -0.134. The van der Waals surface area contributed by atoms with Gasteiger partial charge in [-0.15, -0.1) is 0 Å². The molecule has 5 rings (SSSR count). The predicted octanol–water partition coefficient (Wildman–Crippen LogP) is 3.59. The van der Waals surface area contributed by atoms with Crippen molar-refractivity contribution in [2.45, 2.75) is 23.8 Å². The van der Waals surface area contributed by atoms with Gasteiger partial charge in [-0.3, -0.25) is 4.79 Å². The van der Waals surface area contributed by atoms with E-state index in [4.69, 9.17) is 11.6 Å². The van der Waals surface area contributed by atoms with E-state index in [1.165, 1.54) is 16.4 Å². The Bertz CT molecular complexity index is 1290. The highest BCUT2D eigenvalue weighted by Gasteiger charge is 2.41. The number of piperazine rings is 1. The zero-order chi connectivity index (χ0) is 23.2. The summed E-state index contributed by atoms with van der Waals surface area (Å²) >= 11 is 7.65. The van der Waals surface area contributed by atoms with Crippen LogP contribution in [0.3, 0.4) is 0 Å². The maximum Gasteiger partial charge on any atom is 0.243 e. The number of rotatable bonds is 4. The fraction of sp³-hybridized carbons (Fsp3) is 0.364. The number of aromatic nitrogens is 1. The summed E-state index contributed by atoms with van der Waals surface area (Å²) in [6.07, 6.45) is 1.10. The normalized spacial score (nSPS) is 20.0. The van der Waals surface area contributed by atoms with E-state index in [-0.39, 0.29) is 17.3 Å². The van der Waals surface area contributed by atoms with Crippen molar-refractivity contribution in [2.75, 3.05) is 37.6 Å². The van der Waals surface area contributed by atoms with Crippen molar-refractivity contribution in [3.63, 3.8) is 0 Å². The van der Waals surface area contributed by atoms with E-state index in [0.29, 0.717) is 44.0 Å². The average molecular weight is 509 g/mol. The molecule has 2 aliphatic heterocycles. The van der Waals surface area contributed by atoms with Crippen LogP contribution >= 0.6 is 22.9 Å². The Morgan fingerprint density at radius 3 is 2.52 bits per heavy atom. The number of fused-ring (bicyclic) bond motifs is 1. The molecule has 3 aromatic rings. The summed E-state index contributed by atoms with van der Waals surface area (Å²) in [6, 6.07) is 9.61. The van der Waals surface area contributed by atoms with Crippen molar-refractivity contribution >= 4 is 54.2 Å². The van der Waals surface area contributed by atoms with E-state index in [1.54, 1.807) is 16.2 Å². The molecule has 0 saturated carbocycles. The maximum atomic E-state index is 13.3. The number of sulfonamides is 1. The highest BCUT2D eigenvalue weighted by molar-refractivity contribution is 7.89. The second-order valence-corrected chi connectivity index (χ2v) is 11.5. The standard InChI is InChI=1S/C22H22ClFN4O3S2/c23-15-3-8-18-20(14-15)32-22(25-18)27-12-10-26(11-13-27)21(29)19-2-1-9-28(19)33(30,31)17-6-4-16(24)5-7-17/h3-8,14,19H,1-2,9-13H2. The minimum Gasteiger partial charge on any atom is -0.345 e. The molecule has 2 aromatic carbocycles. The Morgan fingerprint density at radius 2 is 1.79 bits per heavy atom. The quantitative estimate of drug-likeness (QED) is 0.538. The van der Waals surface area contributed by atoms with Gasteiger partial charge in [0.2, 0.25) is 15.9 Å². The first kappa shape index (κ1) is 22.5. The predicted molar refractivity (Wildman–Crippen MR) is 127 cm³/mol. The van der Waals surface area contributed by atoms with Gasteiger partial charge >= 0.3 is 0 Å². The molecule has 0 radical (unpaired) electrons. The molecule has 174 valence electrons. The molecule has 33 heavy (non-hydrogen) atoms. The fourth-order valence-corrected chi connectivity index (χ4v) is 7.31. The lowest BCUT2D eigenvalue weighted by atomic mass is 10.2. The van der Waals surface area contributed by atoms with Gasteiger partial charge in [0.25, 0.3) is 0 Å². The van der Waals surface area contributed by atoms with Gasteiger partial charge in [-0.2, -0.15) is 4.31 Å². The van der Waals surface area contributed by atoms with Crippen LogP contribution in [0.15, 0.2) is 47.4 Å². The summed E-state index contributed by atoms with van der Waals surface area (Å²) in [4.78, 5) is 21.8. The first-order valence-electron chi connectivity index (χ1n) is 10.7. The van der Waals surface area contributed by atoms with Gasteiger partial charge in [0.05, 0.1) is 15.1 Å². The highest BCUT2D eigenvalue weighted by atomic mass is 35.5. The van der Waals surface area contributed by atoms with E-state index in [1.807, 2.05) is 18.2 Å². The summed E-state index contributed by atoms with van der Waals surface area (Å²) in [5.41, 5.74) is 0.894.